The Kier molecular flexibility index (Phi) is 9.39. The largest absolute Gasteiger partial charge is 0.353 e. The van der Waals surface area contributed by atoms with Gasteiger partial charge in [0.2, 0.25) is 15.9 Å². The number of aryl methyl sites for hydroxylation is 1. The van der Waals surface area contributed by atoms with Crippen LogP contribution in [0.3, 0.4) is 0 Å². The Bertz CT molecular complexity index is 982. The van der Waals surface area contributed by atoms with Gasteiger partial charge >= 0.3 is 0 Å². The van der Waals surface area contributed by atoms with Gasteiger partial charge in [-0.3, -0.25) is 4.79 Å². The molecular weight excluding hydrogens is 432 g/mol. The van der Waals surface area contributed by atoms with E-state index >= 15 is 0 Å². The van der Waals surface area contributed by atoms with Gasteiger partial charge in [0.15, 0.2) is 5.16 Å². The van der Waals surface area contributed by atoms with Gasteiger partial charge < -0.3 is 9.88 Å². The average Bonchev–Trinajstić information content (AvgIpc) is 3.08. The Morgan fingerprint density at radius 3 is 2.42 bits per heavy atom. The molecule has 1 atom stereocenters. The normalized spacial score (nSPS) is 13.3. The van der Waals surface area contributed by atoms with Crippen LogP contribution >= 0.6 is 11.8 Å². The van der Waals surface area contributed by atoms with Gasteiger partial charge in [0.25, 0.3) is 0 Å². The summed E-state index contributed by atoms with van der Waals surface area (Å²) in [5, 5.41) is 3.77. The number of benzene rings is 1. The molecule has 0 saturated heterocycles. The Labute approximate surface area is 191 Å². The van der Waals surface area contributed by atoms with Crippen LogP contribution in [-0.4, -0.2) is 53.1 Å². The number of thioether (sulfide) groups is 1. The van der Waals surface area contributed by atoms with E-state index in [1.165, 1.54) is 16.1 Å². The lowest BCUT2D eigenvalue weighted by Gasteiger charge is -2.18. The third-order valence-electron chi connectivity index (χ3n) is 5.26. The van der Waals surface area contributed by atoms with Crippen molar-refractivity contribution in [1.82, 2.24) is 19.2 Å². The molecular formula is C22H36N4O3S2. The maximum Gasteiger partial charge on any atom is 0.243 e. The second-order valence-electron chi connectivity index (χ2n) is 8.11. The van der Waals surface area contributed by atoms with Gasteiger partial charge in [-0.2, -0.15) is 4.31 Å². The van der Waals surface area contributed by atoms with E-state index in [0.717, 1.165) is 23.5 Å². The predicted octanol–water partition coefficient (Wildman–Crippen LogP) is 4.12. The second-order valence-corrected chi connectivity index (χ2v) is 11.0. The number of imidazole rings is 1. The fraction of sp³-hybridized carbons (Fsp3) is 0.636. The number of fused-ring (bicyclic) bond motifs is 1. The van der Waals surface area contributed by atoms with Crippen molar-refractivity contribution >= 4 is 38.7 Å². The van der Waals surface area contributed by atoms with Crippen LogP contribution in [0.2, 0.25) is 0 Å². The van der Waals surface area contributed by atoms with Crippen molar-refractivity contribution in [1.29, 1.82) is 0 Å². The minimum atomic E-state index is -3.54. The molecule has 7 nitrogen and oxygen atoms in total. The highest BCUT2D eigenvalue weighted by molar-refractivity contribution is 7.99. The number of nitrogens with one attached hydrogen (secondary N) is 1. The molecule has 0 aliphatic heterocycles. The van der Waals surface area contributed by atoms with E-state index in [4.69, 9.17) is 0 Å². The third kappa shape index (κ3) is 6.46. The number of amides is 1. The Morgan fingerprint density at radius 1 is 1.16 bits per heavy atom. The molecule has 1 aromatic heterocycles. The molecule has 0 fully saturated rings. The summed E-state index contributed by atoms with van der Waals surface area (Å²) in [6.07, 6.45) is 2.05. The highest BCUT2D eigenvalue weighted by Gasteiger charge is 2.23. The number of hydrogen-bond acceptors (Lipinski definition) is 5. The minimum Gasteiger partial charge on any atom is -0.353 e. The van der Waals surface area contributed by atoms with Gasteiger partial charge in [-0.05, 0) is 50.8 Å². The lowest BCUT2D eigenvalue weighted by Crippen LogP contribution is -2.34. The second kappa shape index (κ2) is 11.3. The molecule has 31 heavy (non-hydrogen) atoms. The van der Waals surface area contributed by atoms with Crippen LogP contribution < -0.4 is 5.32 Å². The maximum absolute atomic E-state index is 12.8. The van der Waals surface area contributed by atoms with Crippen molar-refractivity contribution in [2.75, 3.05) is 18.8 Å². The molecule has 9 heteroatoms. The quantitative estimate of drug-likeness (QED) is 0.474. The Balaban J connectivity index is 2.17. The zero-order valence-electron chi connectivity index (χ0n) is 19.5. The van der Waals surface area contributed by atoms with Gasteiger partial charge in [-0.25, -0.2) is 13.4 Å². The summed E-state index contributed by atoms with van der Waals surface area (Å²) in [4.78, 5) is 17.2. The van der Waals surface area contributed by atoms with Gasteiger partial charge in [0.1, 0.15) is 0 Å². The molecule has 0 radical (unpaired) electrons. The molecule has 1 N–H and O–H groups in total. The molecule has 174 valence electrons. The summed E-state index contributed by atoms with van der Waals surface area (Å²) in [5.74, 6) is 0.884. The molecule has 0 aliphatic rings. The van der Waals surface area contributed by atoms with Gasteiger partial charge in [0.05, 0.1) is 21.7 Å². The van der Waals surface area contributed by atoms with Crippen LogP contribution in [0, 0.1) is 5.92 Å². The first-order valence-electron chi connectivity index (χ1n) is 11.1. The zero-order valence-corrected chi connectivity index (χ0v) is 21.1. The van der Waals surface area contributed by atoms with Crippen molar-refractivity contribution in [2.24, 2.45) is 5.92 Å². The topological polar surface area (TPSA) is 84.3 Å². The van der Waals surface area contributed by atoms with Crippen LogP contribution in [0.1, 0.15) is 54.4 Å². The zero-order chi connectivity index (χ0) is 23.2. The molecule has 0 bridgehead atoms. The molecule has 1 amide bonds. The number of hydrogen-bond donors (Lipinski definition) is 1. The molecule has 2 aromatic rings. The third-order valence-corrected chi connectivity index (χ3v) is 8.28. The van der Waals surface area contributed by atoms with Crippen LogP contribution in [0.5, 0.6) is 0 Å². The van der Waals surface area contributed by atoms with Crippen molar-refractivity contribution in [3.05, 3.63) is 18.2 Å². The summed E-state index contributed by atoms with van der Waals surface area (Å²) < 4.78 is 29.1. The highest BCUT2D eigenvalue weighted by atomic mass is 32.2. The molecule has 0 saturated carbocycles. The molecule has 1 heterocycles. The minimum absolute atomic E-state index is 0.0132. The first-order chi connectivity index (χ1) is 14.6. The Morgan fingerprint density at radius 2 is 1.84 bits per heavy atom. The van der Waals surface area contributed by atoms with Crippen LogP contribution in [0.4, 0.5) is 0 Å². The van der Waals surface area contributed by atoms with Crippen LogP contribution in [-0.2, 0) is 21.4 Å². The Hall–Kier alpha value is -1.58. The molecule has 0 spiro atoms. The van der Waals surface area contributed by atoms with E-state index in [9.17, 15) is 13.2 Å². The summed E-state index contributed by atoms with van der Waals surface area (Å²) in [6, 6.07) is 5.22. The van der Waals surface area contributed by atoms with E-state index in [1.807, 2.05) is 32.3 Å². The van der Waals surface area contributed by atoms with Crippen LogP contribution in [0.25, 0.3) is 11.0 Å². The van der Waals surface area contributed by atoms with Crippen molar-refractivity contribution < 1.29 is 13.2 Å². The fourth-order valence-corrected chi connectivity index (χ4v) is 5.85. The van der Waals surface area contributed by atoms with Crippen molar-refractivity contribution in [3.8, 4) is 0 Å². The van der Waals surface area contributed by atoms with Gasteiger partial charge in [-0.1, -0.05) is 39.5 Å². The SMILES string of the molecule is CCN(CC)S(=O)(=O)c1ccc2c(c1)nc(SCC(=O)NC(C)CCC(C)C)n2CC. The van der Waals surface area contributed by atoms with E-state index in [1.54, 1.807) is 18.2 Å². The molecule has 1 unspecified atom stereocenters. The highest BCUT2D eigenvalue weighted by Crippen LogP contribution is 2.27. The van der Waals surface area contributed by atoms with Gasteiger partial charge in [0, 0.05) is 25.7 Å². The maximum atomic E-state index is 12.8. The van der Waals surface area contributed by atoms with Crippen molar-refractivity contribution in [2.45, 2.75) is 77.0 Å². The predicted molar refractivity (Wildman–Crippen MR) is 128 cm³/mol. The summed E-state index contributed by atoms with van der Waals surface area (Å²) in [7, 11) is -3.54. The first-order valence-corrected chi connectivity index (χ1v) is 13.5. The fourth-order valence-electron chi connectivity index (χ4n) is 3.48. The first kappa shape index (κ1) is 25.7. The monoisotopic (exact) mass is 468 g/mol. The smallest absolute Gasteiger partial charge is 0.243 e. The number of nitrogens with zero attached hydrogens (tertiary/aromatic N) is 3. The lowest BCUT2D eigenvalue weighted by molar-refractivity contribution is -0.119. The standard InChI is InChI=1S/C22H36N4O3S2/c1-7-25(8-2)31(28,29)18-12-13-20-19(14-18)24-22(26(20)9-3)30-15-21(27)23-17(6)11-10-16(4)5/h12-14,16-17H,7-11,15H2,1-6H3,(H,23,27). The summed E-state index contributed by atoms with van der Waals surface area (Å²) in [5.41, 5.74) is 1.50. The molecule has 1 aromatic carbocycles. The molecule has 0 aliphatic carbocycles. The summed E-state index contributed by atoms with van der Waals surface area (Å²) in [6.45, 7) is 13.6. The van der Waals surface area contributed by atoms with Crippen LogP contribution in [0.15, 0.2) is 28.3 Å². The average molecular weight is 469 g/mol. The van der Waals surface area contributed by atoms with Gasteiger partial charge in [-0.15, -0.1) is 0 Å². The number of carbonyl (C=O) groups excluding carboxylic acids is 1. The number of rotatable bonds is 12. The van der Waals surface area contributed by atoms with E-state index in [-0.39, 0.29) is 22.6 Å². The number of sulfonamides is 1. The number of aromatic nitrogens is 2. The molecule has 2 rings (SSSR count). The van der Waals surface area contributed by atoms with E-state index < -0.39 is 10.0 Å². The van der Waals surface area contributed by atoms with Crippen molar-refractivity contribution in [3.63, 3.8) is 0 Å². The van der Waals surface area contributed by atoms with E-state index in [0.29, 0.717) is 31.1 Å². The number of carbonyl (C=O) groups is 1. The van der Waals surface area contributed by atoms with E-state index in [2.05, 4.69) is 24.1 Å². The lowest BCUT2D eigenvalue weighted by atomic mass is 10.0. The summed E-state index contributed by atoms with van der Waals surface area (Å²) >= 11 is 1.38.